The molecule has 0 amide bonds. The maximum absolute atomic E-state index is 5.34. The van der Waals surface area contributed by atoms with Crippen molar-refractivity contribution >= 4 is 5.69 Å². The van der Waals surface area contributed by atoms with Gasteiger partial charge in [0.05, 0.1) is 5.92 Å². The van der Waals surface area contributed by atoms with Gasteiger partial charge >= 0.3 is 0 Å². The number of benzene rings is 1. The third-order valence-corrected chi connectivity index (χ3v) is 3.29. The highest BCUT2D eigenvalue weighted by Crippen LogP contribution is 2.29. The first-order valence-electron chi connectivity index (χ1n) is 6.59. The Morgan fingerprint density at radius 1 is 1.42 bits per heavy atom. The monoisotopic (exact) mass is 259 g/mol. The largest absolute Gasteiger partial charge is 0.384 e. The molecule has 3 rings (SSSR count). The maximum atomic E-state index is 5.34. The number of aromatic nitrogens is 2. The van der Waals surface area contributed by atoms with Gasteiger partial charge in [0.1, 0.15) is 6.61 Å². The van der Waals surface area contributed by atoms with Crippen molar-refractivity contribution < 1.29 is 9.26 Å². The SMILES string of the molecule is CCOCc1noc(C2CNc3ccccc3C2)n1. The van der Waals surface area contributed by atoms with Gasteiger partial charge < -0.3 is 14.6 Å². The van der Waals surface area contributed by atoms with Crippen molar-refractivity contribution in [1.82, 2.24) is 10.1 Å². The summed E-state index contributed by atoms with van der Waals surface area (Å²) >= 11 is 0. The molecule has 2 aromatic rings. The number of ether oxygens (including phenoxy) is 1. The van der Waals surface area contributed by atoms with Crippen LogP contribution in [0.4, 0.5) is 5.69 Å². The van der Waals surface area contributed by atoms with Crippen LogP contribution in [-0.2, 0) is 17.8 Å². The average molecular weight is 259 g/mol. The molecular weight excluding hydrogens is 242 g/mol. The molecule has 0 fully saturated rings. The Hall–Kier alpha value is -1.88. The predicted octanol–water partition coefficient (Wildman–Crippen LogP) is 2.36. The molecule has 0 bridgehead atoms. The molecule has 1 aromatic heterocycles. The van der Waals surface area contributed by atoms with Gasteiger partial charge in [-0.2, -0.15) is 4.98 Å². The summed E-state index contributed by atoms with van der Waals surface area (Å²) in [4.78, 5) is 4.40. The number of anilines is 1. The van der Waals surface area contributed by atoms with E-state index in [-0.39, 0.29) is 5.92 Å². The summed E-state index contributed by atoms with van der Waals surface area (Å²) in [6, 6.07) is 8.32. The number of rotatable bonds is 4. The van der Waals surface area contributed by atoms with Crippen LogP contribution in [0.3, 0.4) is 0 Å². The van der Waals surface area contributed by atoms with Crippen molar-refractivity contribution in [1.29, 1.82) is 0 Å². The van der Waals surface area contributed by atoms with Crippen LogP contribution < -0.4 is 5.32 Å². The minimum Gasteiger partial charge on any atom is -0.384 e. The average Bonchev–Trinajstić information content (AvgIpc) is 2.93. The van der Waals surface area contributed by atoms with E-state index in [0.29, 0.717) is 24.9 Å². The molecule has 1 unspecified atom stereocenters. The third kappa shape index (κ3) is 2.61. The molecule has 1 aliphatic rings. The van der Waals surface area contributed by atoms with E-state index in [9.17, 15) is 0 Å². The summed E-state index contributed by atoms with van der Waals surface area (Å²) in [5.41, 5.74) is 2.50. The Morgan fingerprint density at radius 3 is 3.21 bits per heavy atom. The van der Waals surface area contributed by atoms with Crippen LogP contribution >= 0.6 is 0 Å². The lowest BCUT2D eigenvalue weighted by atomic mass is 9.94. The molecule has 1 N–H and O–H groups in total. The molecule has 5 heteroatoms. The fourth-order valence-electron chi connectivity index (χ4n) is 2.30. The molecule has 19 heavy (non-hydrogen) atoms. The Bertz CT molecular complexity index is 553. The zero-order valence-corrected chi connectivity index (χ0v) is 10.9. The molecule has 100 valence electrons. The molecular formula is C14H17N3O2. The van der Waals surface area contributed by atoms with Gasteiger partial charge in [0.2, 0.25) is 5.89 Å². The lowest BCUT2D eigenvalue weighted by Gasteiger charge is -2.23. The van der Waals surface area contributed by atoms with Crippen molar-refractivity contribution in [3.8, 4) is 0 Å². The highest BCUT2D eigenvalue weighted by Gasteiger charge is 2.24. The molecule has 0 spiro atoms. The van der Waals surface area contributed by atoms with Crippen LogP contribution in [-0.4, -0.2) is 23.3 Å². The van der Waals surface area contributed by atoms with Crippen LogP contribution in [0.1, 0.15) is 30.1 Å². The van der Waals surface area contributed by atoms with E-state index in [2.05, 4.69) is 33.7 Å². The molecule has 1 atom stereocenters. The fourth-order valence-corrected chi connectivity index (χ4v) is 2.30. The smallest absolute Gasteiger partial charge is 0.231 e. The zero-order chi connectivity index (χ0) is 13.1. The molecule has 1 aliphatic heterocycles. The predicted molar refractivity (Wildman–Crippen MR) is 71.0 cm³/mol. The molecule has 0 saturated heterocycles. The number of hydrogen-bond donors (Lipinski definition) is 1. The van der Waals surface area contributed by atoms with Gasteiger partial charge in [0, 0.05) is 18.8 Å². The third-order valence-electron chi connectivity index (χ3n) is 3.29. The van der Waals surface area contributed by atoms with Crippen molar-refractivity contribution in [2.75, 3.05) is 18.5 Å². The van der Waals surface area contributed by atoms with E-state index in [0.717, 1.165) is 13.0 Å². The highest BCUT2D eigenvalue weighted by molar-refractivity contribution is 5.53. The first kappa shape index (κ1) is 12.2. The highest BCUT2D eigenvalue weighted by atomic mass is 16.5. The van der Waals surface area contributed by atoms with Gasteiger partial charge in [-0.15, -0.1) is 0 Å². The van der Waals surface area contributed by atoms with Gasteiger partial charge in [-0.3, -0.25) is 0 Å². The van der Waals surface area contributed by atoms with E-state index >= 15 is 0 Å². The van der Waals surface area contributed by atoms with Crippen molar-refractivity contribution in [3.05, 3.63) is 41.5 Å². The maximum Gasteiger partial charge on any atom is 0.231 e. The zero-order valence-electron chi connectivity index (χ0n) is 10.9. The second-order valence-corrected chi connectivity index (χ2v) is 4.63. The molecule has 2 heterocycles. The standard InChI is InChI=1S/C14H17N3O2/c1-2-18-9-13-16-14(19-17-13)11-7-10-5-3-4-6-12(10)15-8-11/h3-6,11,15H,2,7-9H2,1H3. The topological polar surface area (TPSA) is 60.2 Å². The van der Waals surface area contributed by atoms with E-state index in [1.807, 2.05) is 13.0 Å². The molecule has 0 radical (unpaired) electrons. The Kier molecular flexibility index (Phi) is 3.46. The molecule has 0 aliphatic carbocycles. The normalized spacial score (nSPS) is 17.8. The number of fused-ring (bicyclic) bond motifs is 1. The second kappa shape index (κ2) is 5.40. The number of hydrogen-bond acceptors (Lipinski definition) is 5. The van der Waals surface area contributed by atoms with E-state index in [1.165, 1.54) is 11.3 Å². The van der Waals surface area contributed by atoms with Gasteiger partial charge in [0.25, 0.3) is 0 Å². The van der Waals surface area contributed by atoms with Crippen LogP contribution in [0.5, 0.6) is 0 Å². The summed E-state index contributed by atoms with van der Waals surface area (Å²) in [5.74, 6) is 1.55. The van der Waals surface area contributed by atoms with Crippen molar-refractivity contribution in [2.24, 2.45) is 0 Å². The van der Waals surface area contributed by atoms with Crippen molar-refractivity contribution in [2.45, 2.75) is 25.9 Å². The van der Waals surface area contributed by atoms with Crippen LogP contribution in [0.25, 0.3) is 0 Å². The van der Waals surface area contributed by atoms with Gasteiger partial charge in [0.15, 0.2) is 5.82 Å². The molecule has 5 nitrogen and oxygen atoms in total. The van der Waals surface area contributed by atoms with E-state index in [4.69, 9.17) is 9.26 Å². The summed E-state index contributed by atoms with van der Waals surface area (Å²) in [7, 11) is 0. The minimum atomic E-state index is 0.234. The summed E-state index contributed by atoms with van der Waals surface area (Å²) in [6.45, 7) is 3.84. The first-order valence-corrected chi connectivity index (χ1v) is 6.59. The number of nitrogens with one attached hydrogen (secondary N) is 1. The fraction of sp³-hybridized carbons (Fsp3) is 0.429. The number of nitrogens with zero attached hydrogens (tertiary/aromatic N) is 2. The van der Waals surface area contributed by atoms with Crippen molar-refractivity contribution in [3.63, 3.8) is 0 Å². The molecule has 1 aromatic carbocycles. The first-order chi connectivity index (χ1) is 9.36. The molecule has 0 saturated carbocycles. The number of para-hydroxylation sites is 1. The van der Waals surface area contributed by atoms with E-state index < -0.39 is 0 Å². The minimum absolute atomic E-state index is 0.234. The second-order valence-electron chi connectivity index (χ2n) is 4.63. The van der Waals surface area contributed by atoms with Crippen LogP contribution in [0, 0.1) is 0 Å². The van der Waals surface area contributed by atoms with Crippen LogP contribution in [0.15, 0.2) is 28.8 Å². The lowest BCUT2D eigenvalue weighted by Crippen LogP contribution is -2.21. The Balaban J connectivity index is 1.72. The summed E-state index contributed by atoms with van der Waals surface area (Å²) in [6.07, 6.45) is 0.930. The van der Waals surface area contributed by atoms with Gasteiger partial charge in [-0.25, -0.2) is 0 Å². The lowest BCUT2D eigenvalue weighted by molar-refractivity contribution is 0.126. The Labute approximate surface area is 112 Å². The van der Waals surface area contributed by atoms with Gasteiger partial charge in [-0.1, -0.05) is 23.4 Å². The Morgan fingerprint density at radius 2 is 2.32 bits per heavy atom. The summed E-state index contributed by atoms with van der Waals surface area (Å²) in [5, 5.41) is 7.35. The quantitative estimate of drug-likeness (QED) is 0.913. The summed E-state index contributed by atoms with van der Waals surface area (Å²) < 4.78 is 10.6. The van der Waals surface area contributed by atoms with Crippen LogP contribution in [0.2, 0.25) is 0 Å². The van der Waals surface area contributed by atoms with E-state index in [1.54, 1.807) is 0 Å². The van der Waals surface area contributed by atoms with Gasteiger partial charge in [-0.05, 0) is 25.0 Å².